The van der Waals surface area contributed by atoms with Crippen LogP contribution < -0.4 is 14.5 Å². The minimum absolute atomic E-state index is 0.00310. The number of para-hydroxylation sites is 1. The third kappa shape index (κ3) is 3.92. The van der Waals surface area contributed by atoms with Crippen molar-refractivity contribution in [2.75, 3.05) is 42.6 Å². The minimum Gasteiger partial charge on any atom is -0.487 e. The first-order valence-electron chi connectivity index (χ1n) is 8.91. The summed E-state index contributed by atoms with van der Waals surface area (Å²) in [5.74, 6) is 0.956. The number of ether oxygens (including phenoxy) is 1. The molecule has 0 radical (unpaired) electrons. The van der Waals surface area contributed by atoms with E-state index in [-0.39, 0.29) is 16.4 Å². The van der Waals surface area contributed by atoms with E-state index in [4.69, 9.17) is 4.74 Å². The van der Waals surface area contributed by atoms with Crippen molar-refractivity contribution in [3.05, 3.63) is 52.2 Å². The third-order valence-electron chi connectivity index (χ3n) is 4.50. The van der Waals surface area contributed by atoms with Gasteiger partial charge in [-0.05, 0) is 37.6 Å². The fourth-order valence-corrected chi connectivity index (χ4v) is 3.33. The predicted molar refractivity (Wildman–Crippen MR) is 102 cm³/mol. The number of anilines is 2. The van der Waals surface area contributed by atoms with E-state index in [1.807, 2.05) is 4.90 Å². The molecule has 2 aromatic rings. The highest BCUT2D eigenvalue weighted by Gasteiger charge is 2.27. The largest absolute Gasteiger partial charge is 0.487 e. The van der Waals surface area contributed by atoms with Gasteiger partial charge in [0.2, 0.25) is 0 Å². The summed E-state index contributed by atoms with van der Waals surface area (Å²) in [6.07, 6.45) is 2.48. The molecule has 8 nitrogen and oxygen atoms in total. The summed E-state index contributed by atoms with van der Waals surface area (Å²) in [6.45, 7) is 4.82. The van der Waals surface area contributed by atoms with Gasteiger partial charge in [-0.2, -0.15) is 5.26 Å². The molecule has 3 rings (SSSR count). The molecule has 1 aliphatic rings. The van der Waals surface area contributed by atoms with Crippen LogP contribution in [-0.4, -0.2) is 42.7 Å². The first kappa shape index (κ1) is 18.5. The number of nitro groups is 1. The molecule has 0 atom stereocenters. The smallest absolute Gasteiger partial charge is 0.333 e. The number of hydrogen-bond acceptors (Lipinski definition) is 7. The molecule has 2 heterocycles. The van der Waals surface area contributed by atoms with Gasteiger partial charge in [0, 0.05) is 32.4 Å². The van der Waals surface area contributed by atoms with Gasteiger partial charge in [0.15, 0.2) is 5.75 Å². The van der Waals surface area contributed by atoms with E-state index in [1.165, 1.54) is 0 Å². The number of pyridine rings is 1. The van der Waals surface area contributed by atoms with Gasteiger partial charge in [-0.3, -0.25) is 10.1 Å². The molecule has 0 bridgehead atoms. The van der Waals surface area contributed by atoms with Gasteiger partial charge < -0.3 is 14.5 Å². The van der Waals surface area contributed by atoms with Gasteiger partial charge in [0.25, 0.3) is 0 Å². The van der Waals surface area contributed by atoms with E-state index >= 15 is 0 Å². The molecule has 0 N–H and O–H groups in total. The monoisotopic (exact) mass is 367 g/mol. The highest BCUT2D eigenvalue weighted by molar-refractivity contribution is 5.70. The van der Waals surface area contributed by atoms with Crippen LogP contribution in [0, 0.1) is 21.4 Å². The molecule has 0 aliphatic carbocycles. The fourth-order valence-electron chi connectivity index (χ4n) is 3.33. The lowest BCUT2D eigenvalue weighted by Crippen LogP contribution is -2.31. The molecule has 0 unspecified atom stereocenters. The van der Waals surface area contributed by atoms with E-state index in [0.29, 0.717) is 43.3 Å². The molecular formula is C19H21N5O3. The SMILES string of the molecule is CCOc1cccc(N2CCCN(c3ncccc3C#N)CC2)c1[N+](=O)[O-]. The Labute approximate surface area is 157 Å². The van der Waals surface area contributed by atoms with Crippen molar-refractivity contribution in [3.8, 4) is 11.8 Å². The Hall–Kier alpha value is -3.34. The van der Waals surface area contributed by atoms with Crippen LogP contribution in [0.2, 0.25) is 0 Å². The molecule has 0 saturated carbocycles. The van der Waals surface area contributed by atoms with Gasteiger partial charge in [0.05, 0.1) is 17.1 Å². The third-order valence-corrected chi connectivity index (χ3v) is 4.50. The second-order valence-corrected chi connectivity index (χ2v) is 6.13. The first-order chi connectivity index (χ1) is 13.2. The van der Waals surface area contributed by atoms with E-state index < -0.39 is 0 Å². The number of nitro benzene ring substituents is 1. The van der Waals surface area contributed by atoms with Crippen LogP contribution in [0.1, 0.15) is 18.9 Å². The molecular weight excluding hydrogens is 346 g/mol. The van der Waals surface area contributed by atoms with Crippen molar-refractivity contribution in [3.63, 3.8) is 0 Å². The van der Waals surface area contributed by atoms with Crippen molar-refractivity contribution < 1.29 is 9.66 Å². The molecule has 140 valence electrons. The van der Waals surface area contributed by atoms with Gasteiger partial charge in [-0.25, -0.2) is 4.98 Å². The lowest BCUT2D eigenvalue weighted by Gasteiger charge is -2.24. The van der Waals surface area contributed by atoms with Crippen molar-refractivity contribution in [2.24, 2.45) is 0 Å². The second kappa shape index (κ2) is 8.36. The van der Waals surface area contributed by atoms with E-state index in [9.17, 15) is 15.4 Å². The van der Waals surface area contributed by atoms with Crippen LogP contribution in [0.25, 0.3) is 0 Å². The molecule has 1 aromatic carbocycles. The Kier molecular flexibility index (Phi) is 5.71. The number of nitriles is 1. The normalized spacial score (nSPS) is 14.4. The zero-order chi connectivity index (χ0) is 19.2. The Bertz CT molecular complexity index is 865. The maximum atomic E-state index is 11.7. The van der Waals surface area contributed by atoms with E-state index in [1.54, 1.807) is 43.5 Å². The summed E-state index contributed by atoms with van der Waals surface area (Å²) in [6, 6.07) is 10.8. The standard InChI is InChI=1S/C19H21N5O3/c1-2-27-17-8-3-7-16(18(17)24(25)26)22-10-5-11-23(13-12-22)19-15(14-20)6-4-9-21-19/h3-4,6-9H,2,5,10-13H2,1H3. The topological polar surface area (TPSA) is 95.5 Å². The molecule has 1 aromatic heterocycles. The first-order valence-corrected chi connectivity index (χ1v) is 8.91. The Morgan fingerprint density at radius 2 is 2.00 bits per heavy atom. The maximum Gasteiger partial charge on any atom is 0.333 e. The number of aromatic nitrogens is 1. The van der Waals surface area contributed by atoms with Gasteiger partial charge >= 0.3 is 5.69 Å². The average Bonchev–Trinajstić information content (AvgIpc) is 2.94. The van der Waals surface area contributed by atoms with Crippen molar-refractivity contribution >= 4 is 17.2 Å². The van der Waals surface area contributed by atoms with Crippen molar-refractivity contribution in [2.45, 2.75) is 13.3 Å². The molecule has 0 amide bonds. The molecule has 1 fully saturated rings. The number of rotatable bonds is 5. The lowest BCUT2D eigenvalue weighted by molar-refractivity contribution is -0.385. The zero-order valence-electron chi connectivity index (χ0n) is 15.2. The fraction of sp³-hybridized carbons (Fsp3) is 0.368. The molecule has 0 spiro atoms. The Morgan fingerprint density at radius 1 is 1.22 bits per heavy atom. The molecule has 27 heavy (non-hydrogen) atoms. The van der Waals surface area contributed by atoms with Gasteiger partial charge in [-0.15, -0.1) is 0 Å². The Morgan fingerprint density at radius 3 is 2.74 bits per heavy atom. The van der Waals surface area contributed by atoms with Crippen molar-refractivity contribution in [1.82, 2.24) is 4.98 Å². The summed E-state index contributed by atoms with van der Waals surface area (Å²) >= 11 is 0. The average molecular weight is 367 g/mol. The van der Waals surface area contributed by atoms with Crippen LogP contribution in [0.3, 0.4) is 0 Å². The maximum absolute atomic E-state index is 11.7. The second-order valence-electron chi connectivity index (χ2n) is 6.13. The minimum atomic E-state index is -0.379. The van der Waals surface area contributed by atoms with Crippen LogP contribution in [0.5, 0.6) is 5.75 Å². The van der Waals surface area contributed by atoms with Crippen LogP contribution in [0.15, 0.2) is 36.5 Å². The number of nitrogens with zero attached hydrogens (tertiary/aromatic N) is 5. The van der Waals surface area contributed by atoms with Crippen LogP contribution >= 0.6 is 0 Å². The number of hydrogen-bond donors (Lipinski definition) is 0. The summed E-state index contributed by atoms with van der Waals surface area (Å²) in [4.78, 5) is 19.7. The molecule has 8 heteroatoms. The molecule has 1 saturated heterocycles. The Balaban J connectivity index is 1.86. The molecule has 1 aliphatic heterocycles. The van der Waals surface area contributed by atoms with E-state index in [0.717, 1.165) is 13.0 Å². The summed E-state index contributed by atoms with van der Waals surface area (Å²) < 4.78 is 5.46. The quantitative estimate of drug-likeness (QED) is 0.592. The zero-order valence-corrected chi connectivity index (χ0v) is 15.2. The van der Waals surface area contributed by atoms with Crippen molar-refractivity contribution in [1.29, 1.82) is 5.26 Å². The van der Waals surface area contributed by atoms with Gasteiger partial charge in [-0.1, -0.05) is 6.07 Å². The number of benzene rings is 1. The summed E-state index contributed by atoms with van der Waals surface area (Å²) in [5.41, 5.74) is 1.10. The van der Waals surface area contributed by atoms with E-state index in [2.05, 4.69) is 16.0 Å². The highest BCUT2D eigenvalue weighted by atomic mass is 16.6. The van der Waals surface area contributed by atoms with Crippen LogP contribution in [0.4, 0.5) is 17.2 Å². The van der Waals surface area contributed by atoms with Gasteiger partial charge in [0.1, 0.15) is 17.6 Å². The highest BCUT2D eigenvalue weighted by Crippen LogP contribution is 2.37. The van der Waals surface area contributed by atoms with Crippen LogP contribution in [-0.2, 0) is 0 Å². The summed E-state index contributed by atoms with van der Waals surface area (Å²) in [5, 5.41) is 21.0. The lowest BCUT2D eigenvalue weighted by atomic mass is 10.2. The predicted octanol–water partition coefficient (Wildman–Crippen LogP) is 2.98. The summed E-state index contributed by atoms with van der Waals surface area (Å²) in [7, 11) is 0.